The smallest absolute Gasteiger partial charge is 0.406 e. The number of urea groups is 1. The van der Waals surface area contributed by atoms with Crippen molar-refractivity contribution in [2.75, 3.05) is 44.6 Å². The normalized spacial score (nSPS) is 15.1. The number of hydrogen-bond donors (Lipinski definition) is 2. The average Bonchev–Trinajstić information content (AvgIpc) is 2.59. The number of benzene rings is 1. The van der Waals surface area contributed by atoms with E-state index in [9.17, 15) is 22.8 Å². The molecule has 27 heavy (non-hydrogen) atoms. The molecule has 0 bridgehead atoms. The van der Waals surface area contributed by atoms with Gasteiger partial charge in [0, 0.05) is 44.5 Å². The predicted octanol–water partition coefficient (Wildman–Crippen LogP) is 2.04. The Labute approximate surface area is 154 Å². The molecule has 1 fully saturated rings. The van der Waals surface area contributed by atoms with E-state index in [1.807, 2.05) is 4.90 Å². The van der Waals surface area contributed by atoms with Crippen molar-refractivity contribution in [2.24, 2.45) is 0 Å². The summed E-state index contributed by atoms with van der Waals surface area (Å²) < 4.78 is 40.6. The molecule has 0 saturated carbocycles. The largest absolute Gasteiger partial charge is 0.573 e. The van der Waals surface area contributed by atoms with Gasteiger partial charge in [-0.1, -0.05) is 12.1 Å². The Balaban J connectivity index is 1.81. The van der Waals surface area contributed by atoms with Gasteiger partial charge in [-0.15, -0.1) is 19.8 Å². The Bertz CT molecular complexity index is 674. The quantitative estimate of drug-likeness (QED) is 0.734. The van der Waals surface area contributed by atoms with E-state index in [1.54, 1.807) is 6.08 Å². The van der Waals surface area contributed by atoms with E-state index in [0.29, 0.717) is 32.7 Å². The molecule has 0 unspecified atom stereocenters. The Hall–Kier alpha value is -2.75. The van der Waals surface area contributed by atoms with Crippen molar-refractivity contribution in [3.63, 3.8) is 0 Å². The van der Waals surface area contributed by atoms with Crippen LogP contribution >= 0.6 is 0 Å². The summed E-state index contributed by atoms with van der Waals surface area (Å²) in [6.45, 7) is 6.00. The summed E-state index contributed by atoms with van der Waals surface area (Å²) in [6.07, 6.45) is -3.20. The summed E-state index contributed by atoms with van der Waals surface area (Å²) in [5.41, 5.74) is 0.202. The first kappa shape index (κ1) is 20.6. The van der Waals surface area contributed by atoms with E-state index >= 15 is 0 Å². The second kappa shape index (κ2) is 9.26. The van der Waals surface area contributed by atoms with Gasteiger partial charge in [-0.2, -0.15) is 0 Å². The van der Waals surface area contributed by atoms with E-state index in [-0.39, 0.29) is 18.1 Å². The zero-order valence-corrected chi connectivity index (χ0v) is 14.6. The molecule has 1 aromatic rings. The summed E-state index contributed by atoms with van der Waals surface area (Å²) in [4.78, 5) is 27.4. The molecule has 1 aliphatic heterocycles. The molecule has 2 N–H and O–H groups in total. The summed E-state index contributed by atoms with van der Waals surface area (Å²) in [5.74, 6) is -0.523. The molecule has 0 aliphatic carbocycles. The van der Waals surface area contributed by atoms with Crippen molar-refractivity contribution in [1.29, 1.82) is 0 Å². The summed E-state index contributed by atoms with van der Waals surface area (Å²) >= 11 is 0. The molecule has 1 heterocycles. The van der Waals surface area contributed by atoms with E-state index in [1.165, 1.54) is 17.0 Å². The number of carbonyl (C=O) groups excluding carboxylic acids is 2. The monoisotopic (exact) mass is 386 g/mol. The zero-order chi connectivity index (χ0) is 19.9. The molecule has 0 spiro atoms. The van der Waals surface area contributed by atoms with E-state index < -0.39 is 18.1 Å². The number of nitrogens with one attached hydrogen (secondary N) is 2. The van der Waals surface area contributed by atoms with Crippen LogP contribution in [0.15, 0.2) is 36.9 Å². The lowest BCUT2D eigenvalue weighted by molar-refractivity contribution is -0.274. The molecule has 1 aliphatic rings. The van der Waals surface area contributed by atoms with Crippen molar-refractivity contribution >= 4 is 17.6 Å². The number of amides is 3. The van der Waals surface area contributed by atoms with Gasteiger partial charge < -0.3 is 20.3 Å². The van der Waals surface area contributed by atoms with Gasteiger partial charge >= 0.3 is 12.4 Å². The van der Waals surface area contributed by atoms with Crippen LogP contribution in [-0.2, 0) is 4.79 Å². The predicted molar refractivity (Wildman–Crippen MR) is 93.4 cm³/mol. The van der Waals surface area contributed by atoms with Crippen LogP contribution in [0.25, 0.3) is 0 Å². The second-order valence-electron chi connectivity index (χ2n) is 5.86. The van der Waals surface area contributed by atoms with Crippen LogP contribution in [0.3, 0.4) is 0 Å². The van der Waals surface area contributed by atoms with Crippen LogP contribution < -0.4 is 15.4 Å². The Morgan fingerprint density at radius 1 is 1.22 bits per heavy atom. The van der Waals surface area contributed by atoms with Crippen LogP contribution in [0.4, 0.5) is 23.7 Å². The highest BCUT2D eigenvalue weighted by Crippen LogP contribution is 2.25. The maximum atomic E-state index is 12.3. The molecule has 1 saturated heterocycles. The first-order valence-corrected chi connectivity index (χ1v) is 8.28. The molecule has 0 aromatic heterocycles. The van der Waals surface area contributed by atoms with Crippen molar-refractivity contribution in [3.8, 4) is 5.75 Å². The van der Waals surface area contributed by atoms with Gasteiger partial charge in [0.15, 0.2) is 0 Å². The van der Waals surface area contributed by atoms with Gasteiger partial charge in [0.2, 0.25) is 5.91 Å². The third kappa shape index (κ3) is 7.18. The molecular formula is C17H21F3N4O3. The minimum absolute atomic E-state index is 0.116. The number of nitrogens with zero attached hydrogens (tertiary/aromatic N) is 2. The van der Waals surface area contributed by atoms with Crippen molar-refractivity contribution in [1.82, 2.24) is 15.1 Å². The minimum Gasteiger partial charge on any atom is -0.406 e. The number of carbonyl (C=O) groups is 2. The molecular weight excluding hydrogens is 365 g/mol. The number of alkyl halides is 3. The number of hydrogen-bond acceptors (Lipinski definition) is 4. The lowest BCUT2D eigenvalue weighted by Gasteiger charge is -2.34. The highest BCUT2D eigenvalue weighted by atomic mass is 19.4. The third-order valence-electron chi connectivity index (χ3n) is 3.79. The fraction of sp³-hybridized carbons (Fsp3) is 0.412. The third-order valence-corrected chi connectivity index (χ3v) is 3.79. The maximum Gasteiger partial charge on any atom is 0.573 e. The number of ether oxygens (including phenoxy) is 1. The van der Waals surface area contributed by atoms with Gasteiger partial charge in [0.05, 0.1) is 6.54 Å². The number of rotatable bonds is 6. The fourth-order valence-corrected chi connectivity index (χ4v) is 2.53. The lowest BCUT2D eigenvalue weighted by Crippen LogP contribution is -2.52. The standard InChI is InChI=1S/C17H21F3N4O3/c1-2-6-21-15(25)12-23-7-9-24(10-8-23)16(26)22-13-4-3-5-14(11-13)27-17(18,19)20/h2-5,11H,1,6-10,12H2,(H,21,25)(H,22,26). The van der Waals surface area contributed by atoms with E-state index in [0.717, 1.165) is 12.1 Å². The van der Waals surface area contributed by atoms with Crippen molar-refractivity contribution in [3.05, 3.63) is 36.9 Å². The Morgan fingerprint density at radius 2 is 1.93 bits per heavy atom. The van der Waals surface area contributed by atoms with Crippen molar-refractivity contribution in [2.45, 2.75) is 6.36 Å². The topological polar surface area (TPSA) is 73.9 Å². The fourth-order valence-electron chi connectivity index (χ4n) is 2.53. The van der Waals surface area contributed by atoms with Crippen LogP contribution in [0.1, 0.15) is 0 Å². The molecule has 3 amide bonds. The SMILES string of the molecule is C=CCNC(=O)CN1CCN(C(=O)Nc2cccc(OC(F)(F)F)c2)CC1. The van der Waals surface area contributed by atoms with Crippen LogP contribution in [0.2, 0.25) is 0 Å². The molecule has 148 valence electrons. The van der Waals surface area contributed by atoms with Gasteiger partial charge in [0.25, 0.3) is 0 Å². The van der Waals surface area contributed by atoms with Gasteiger partial charge in [-0.3, -0.25) is 9.69 Å². The Morgan fingerprint density at radius 3 is 2.56 bits per heavy atom. The molecule has 10 heteroatoms. The van der Waals surface area contributed by atoms with Crippen LogP contribution in [0.5, 0.6) is 5.75 Å². The van der Waals surface area contributed by atoms with Crippen LogP contribution in [0, 0.1) is 0 Å². The molecule has 1 aromatic carbocycles. The highest BCUT2D eigenvalue weighted by Gasteiger charge is 2.31. The highest BCUT2D eigenvalue weighted by molar-refractivity contribution is 5.89. The molecule has 0 radical (unpaired) electrons. The molecule has 0 atom stereocenters. The number of anilines is 1. The lowest BCUT2D eigenvalue weighted by atomic mass is 10.3. The first-order valence-electron chi connectivity index (χ1n) is 8.28. The van der Waals surface area contributed by atoms with Crippen molar-refractivity contribution < 1.29 is 27.5 Å². The average molecular weight is 386 g/mol. The zero-order valence-electron chi connectivity index (χ0n) is 14.6. The van der Waals surface area contributed by atoms with Gasteiger partial charge in [-0.25, -0.2) is 4.79 Å². The van der Waals surface area contributed by atoms with Gasteiger partial charge in [-0.05, 0) is 12.1 Å². The number of halogens is 3. The van der Waals surface area contributed by atoms with E-state index in [4.69, 9.17) is 0 Å². The minimum atomic E-state index is -4.79. The maximum absolute atomic E-state index is 12.3. The van der Waals surface area contributed by atoms with Gasteiger partial charge in [0.1, 0.15) is 5.75 Å². The summed E-state index contributed by atoms with van der Waals surface area (Å²) in [7, 11) is 0. The summed E-state index contributed by atoms with van der Waals surface area (Å²) in [5, 5.41) is 5.24. The first-order chi connectivity index (χ1) is 12.8. The molecule has 2 rings (SSSR count). The Kier molecular flexibility index (Phi) is 7.05. The number of piperazine rings is 1. The second-order valence-corrected chi connectivity index (χ2v) is 5.86. The van der Waals surface area contributed by atoms with E-state index in [2.05, 4.69) is 21.9 Å². The molecule has 7 nitrogen and oxygen atoms in total. The summed E-state index contributed by atoms with van der Waals surface area (Å²) in [6, 6.07) is 4.66. The van der Waals surface area contributed by atoms with Crippen LogP contribution in [-0.4, -0.2) is 67.4 Å².